The van der Waals surface area contributed by atoms with Crippen molar-refractivity contribution >= 4 is 5.82 Å². The van der Waals surface area contributed by atoms with E-state index in [1.54, 1.807) is 12.1 Å². The summed E-state index contributed by atoms with van der Waals surface area (Å²) in [6.07, 6.45) is 0.829. The highest BCUT2D eigenvalue weighted by molar-refractivity contribution is 5.33. The zero-order chi connectivity index (χ0) is 12.1. The average molecular weight is 231 g/mol. The third-order valence-corrected chi connectivity index (χ3v) is 2.43. The number of aromatic nitrogens is 2. The number of halogens is 1. The second-order valence-electron chi connectivity index (χ2n) is 3.86. The van der Waals surface area contributed by atoms with Crippen molar-refractivity contribution in [3.05, 3.63) is 53.5 Å². The van der Waals surface area contributed by atoms with E-state index in [2.05, 4.69) is 15.5 Å². The molecule has 2 aromatic rings. The molecule has 0 aliphatic heterocycles. The monoisotopic (exact) mass is 231 g/mol. The highest BCUT2D eigenvalue weighted by Crippen LogP contribution is 2.05. The standard InChI is InChI=1S/C13H14FN3/c1-10-2-7-13(17-16-10)15-9-8-11-3-5-12(14)6-4-11/h2-7H,8-9H2,1H3,(H,15,17). The predicted octanol–water partition coefficient (Wildman–Crippen LogP) is 2.58. The summed E-state index contributed by atoms with van der Waals surface area (Å²) in [7, 11) is 0. The zero-order valence-electron chi connectivity index (χ0n) is 9.65. The van der Waals surface area contributed by atoms with Gasteiger partial charge in [-0.1, -0.05) is 12.1 Å². The first-order chi connectivity index (χ1) is 8.24. The summed E-state index contributed by atoms with van der Waals surface area (Å²) in [6, 6.07) is 10.3. The number of rotatable bonds is 4. The van der Waals surface area contributed by atoms with Crippen LogP contribution < -0.4 is 5.32 Å². The molecule has 1 aromatic carbocycles. The van der Waals surface area contributed by atoms with E-state index in [0.29, 0.717) is 0 Å². The van der Waals surface area contributed by atoms with Gasteiger partial charge in [0.05, 0.1) is 5.69 Å². The normalized spacial score (nSPS) is 10.2. The van der Waals surface area contributed by atoms with Gasteiger partial charge in [-0.3, -0.25) is 0 Å². The quantitative estimate of drug-likeness (QED) is 0.878. The second-order valence-corrected chi connectivity index (χ2v) is 3.86. The van der Waals surface area contributed by atoms with E-state index in [0.717, 1.165) is 30.0 Å². The van der Waals surface area contributed by atoms with E-state index in [4.69, 9.17) is 0 Å². The summed E-state index contributed by atoms with van der Waals surface area (Å²) in [5, 5.41) is 11.1. The Balaban J connectivity index is 1.83. The minimum absolute atomic E-state index is 0.203. The predicted molar refractivity (Wildman–Crippen MR) is 65.4 cm³/mol. The van der Waals surface area contributed by atoms with Crippen LogP contribution >= 0.6 is 0 Å². The summed E-state index contributed by atoms with van der Waals surface area (Å²) in [4.78, 5) is 0. The van der Waals surface area contributed by atoms with Gasteiger partial charge in [0.2, 0.25) is 0 Å². The third-order valence-electron chi connectivity index (χ3n) is 2.43. The van der Waals surface area contributed by atoms with Gasteiger partial charge in [-0.25, -0.2) is 4.39 Å². The van der Waals surface area contributed by atoms with E-state index in [-0.39, 0.29) is 5.82 Å². The topological polar surface area (TPSA) is 37.8 Å². The number of nitrogens with zero attached hydrogens (tertiary/aromatic N) is 2. The number of hydrogen-bond donors (Lipinski definition) is 1. The van der Waals surface area contributed by atoms with Gasteiger partial charge in [0.1, 0.15) is 11.6 Å². The molecule has 0 aliphatic rings. The van der Waals surface area contributed by atoms with Gasteiger partial charge in [-0.15, -0.1) is 5.10 Å². The van der Waals surface area contributed by atoms with Gasteiger partial charge in [-0.2, -0.15) is 5.10 Å². The van der Waals surface area contributed by atoms with Crippen LogP contribution in [-0.4, -0.2) is 16.7 Å². The van der Waals surface area contributed by atoms with E-state index < -0.39 is 0 Å². The van der Waals surface area contributed by atoms with Gasteiger partial charge < -0.3 is 5.32 Å². The van der Waals surface area contributed by atoms with Gasteiger partial charge >= 0.3 is 0 Å². The molecule has 0 unspecified atom stereocenters. The maximum Gasteiger partial charge on any atom is 0.148 e. The van der Waals surface area contributed by atoms with Crippen LogP contribution in [0.4, 0.5) is 10.2 Å². The van der Waals surface area contributed by atoms with E-state index >= 15 is 0 Å². The molecule has 0 spiro atoms. The maximum atomic E-state index is 12.7. The molecule has 2 rings (SSSR count). The van der Waals surface area contributed by atoms with Crippen LogP contribution in [0.15, 0.2) is 36.4 Å². The van der Waals surface area contributed by atoms with Crippen LogP contribution in [0.5, 0.6) is 0 Å². The summed E-state index contributed by atoms with van der Waals surface area (Å²) in [5.74, 6) is 0.559. The highest BCUT2D eigenvalue weighted by Gasteiger charge is 1.96. The van der Waals surface area contributed by atoms with Gasteiger partial charge in [0.15, 0.2) is 0 Å². The molecule has 4 heteroatoms. The smallest absolute Gasteiger partial charge is 0.148 e. The minimum atomic E-state index is -0.203. The Morgan fingerprint density at radius 3 is 2.47 bits per heavy atom. The van der Waals surface area contributed by atoms with Gasteiger partial charge in [0, 0.05) is 6.54 Å². The van der Waals surface area contributed by atoms with Crippen LogP contribution in [-0.2, 0) is 6.42 Å². The molecule has 1 N–H and O–H groups in total. The number of hydrogen-bond acceptors (Lipinski definition) is 3. The fraction of sp³-hybridized carbons (Fsp3) is 0.231. The Bertz CT molecular complexity index is 420. The first-order valence-electron chi connectivity index (χ1n) is 5.53. The molecule has 0 saturated heterocycles. The lowest BCUT2D eigenvalue weighted by Crippen LogP contribution is -2.07. The highest BCUT2D eigenvalue weighted by atomic mass is 19.1. The van der Waals surface area contributed by atoms with Crippen molar-refractivity contribution in [1.29, 1.82) is 0 Å². The molecule has 0 radical (unpaired) electrons. The van der Waals surface area contributed by atoms with Crippen molar-refractivity contribution < 1.29 is 4.39 Å². The summed E-state index contributed by atoms with van der Waals surface area (Å²) < 4.78 is 12.7. The van der Waals surface area contributed by atoms with E-state index in [1.807, 2.05) is 19.1 Å². The Kier molecular flexibility index (Phi) is 3.65. The molecule has 0 atom stereocenters. The zero-order valence-corrected chi connectivity index (χ0v) is 9.65. The molecule has 0 saturated carbocycles. The molecular formula is C13H14FN3. The third kappa shape index (κ3) is 3.52. The Hall–Kier alpha value is -1.97. The Morgan fingerprint density at radius 2 is 1.82 bits per heavy atom. The van der Waals surface area contributed by atoms with Crippen LogP contribution in [0, 0.1) is 12.7 Å². The number of anilines is 1. The van der Waals surface area contributed by atoms with Crippen molar-refractivity contribution in [1.82, 2.24) is 10.2 Å². The van der Waals surface area contributed by atoms with Crippen molar-refractivity contribution in [2.45, 2.75) is 13.3 Å². The molecule has 88 valence electrons. The molecule has 0 aliphatic carbocycles. The largest absolute Gasteiger partial charge is 0.368 e. The maximum absolute atomic E-state index is 12.7. The van der Waals surface area contributed by atoms with Crippen LogP contribution in [0.1, 0.15) is 11.3 Å². The lowest BCUT2D eigenvalue weighted by atomic mass is 10.1. The minimum Gasteiger partial charge on any atom is -0.368 e. The summed E-state index contributed by atoms with van der Waals surface area (Å²) in [5.41, 5.74) is 1.99. The fourth-order valence-electron chi connectivity index (χ4n) is 1.48. The van der Waals surface area contributed by atoms with Crippen molar-refractivity contribution in [3.8, 4) is 0 Å². The van der Waals surface area contributed by atoms with E-state index in [9.17, 15) is 4.39 Å². The SMILES string of the molecule is Cc1ccc(NCCc2ccc(F)cc2)nn1. The number of nitrogens with one attached hydrogen (secondary N) is 1. The molecule has 3 nitrogen and oxygen atoms in total. The lowest BCUT2D eigenvalue weighted by molar-refractivity contribution is 0.627. The average Bonchev–Trinajstić information content (AvgIpc) is 2.34. The van der Waals surface area contributed by atoms with Gasteiger partial charge in [-0.05, 0) is 43.2 Å². The van der Waals surface area contributed by atoms with Crippen LogP contribution in [0.25, 0.3) is 0 Å². The fourth-order valence-corrected chi connectivity index (χ4v) is 1.48. The molecule has 0 bridgehead atoms. The molecule has 1 heterocycles. The Morgan fingerprint density at radius 1 is 1.06 bits per heavy atom. The van der Waals surface area contributed by atoms with Crippen LogP contribution in [0.2, 0.25) is 0 Å². The number of aryl methyl sites for hydroxylation is 1. The Labute approximate surface area is 99.7 Å². The first-order valence-corrected chi connectivity index (χ1v) is 5.53. The van der Waals surface area contributed by atoms with E-state index in [1.165, 1.54) is 12.1 Å². The van der Waals surface area contributed by atoms with Crippen molar-refractivity contribution in [3.63, 3.8) is 0 Å². The van der Waals surface area contributed by atoms with Crippen molar-refractivity contribution in [2.24, 2.45) is 0 Å². The lowest BCUT2D eigenvalue weighted by Gasteiger charge is -2.05. The molecular weight excluding hydrogens is 217 g/mol. The molecule has 1 aromatic heterocycles. The summed E-state index contributed by atoms with van der Waals surface area (Å²) in [6.45, 7) is 2.65. The molecule has 0 fully saturated rings. The molecule has 0 amide bonds. The summed E-state index contributed by atoms with van der Waals surface area (Å²) >= 11 is 0. The van der Waals surface area contributed by atoms with Crippen LogP contribution in [0.3, 0.4) is 0 Å². The van der Waals surface area contributed by atoms with Crippen molar-refractivity contribution in [2.75, 3.05) is 11.9 Å². The van der Waals surface area contributed by atoms with Gasteiger partial charge in [0.25, 0.3) is 0 Å². The first kappa shape index (κ1) is 11.5. The number of benzene rings is 1. The molecule has 17 heavy (non-hydrogen) atoms. The second kappa shape index (κ2) is 5.39.